The number of halogens is 3. The van der Waals surface area contributed by atoms with Crippen LogP contribution in [0.2, 0.25) is 0 Å². The van der Waals surface area contributed by atoms with E-state index in [-0.39, 0.29) is 6.04 Å². The standard InChI is InChI=1S/C15H24F3NO2/c1-2-3-10-4-7-12(14(20)21)13(8-10)19(11-5-6-11)9-15(16,17)18/h10-13H,2-9H2,1H3,(H,20,21). The van der Waals surface area contributed by atoms with Crippen LogP contribution in [0.1, 0.15) is 51.9 Å². The van der Waals surface area contributed by atoms with Gasteiger partial charge >= 0.3 is 12.1 Å². The summed E-state index contributed by atoms with van der Waals surface area (Å²) in [6.07, 6.45) is 1.16. The zero-order valence-electron chi connectivity index (χ0n) is 12.4. The van der Waals surface area contributed by atoms with Crippen molar-refractivity contribution in [1.29, 1.82) is 0 Å². The molecular formula is C15H24F3NO2. The van der Waals surface area contributed by atoms with Crippen molar-refractivity contribution >= 4 is 5.97 Å². The molecule has 1 N–H and O–H groups in total. The van der Waals surface area contributed by atoms with E-state index in [4.69, 9.17) is 0 Å². The average Bonchev–Trinajstić information content (AvgIpc) is 3.19. The molecule has 21 heavy (non-hydrogen) atoms. The van der Waals surface area contributed by atoms with E-state index in [1.807, 2.05) is 0 Å². The van der Waals surface area contributed by atoms with Crippen LogP contribution in [-0.4, -0.2) is 40.8 Å². The molecular weight excluding hydrogens is 283 g/mol. The number of carboxylic acids is 1. The van der Waals surface area contributed by atoms with Gasteiger partial charge in [0, 0.05) is 12.1 Å². The number of hydrogen-bond acceptors (Lipinski definition) is 2. The molecule has 2 fully saturated rings. The molecule has 0 spiro atoms. The smallest absolute Gasteiger partial charge is 0.401 e. The van der Waals surface area contributed by atoms with Crippen LogP contribution in [0, 0.1) is 11.8 Å². The second-order valence-corrected chi connectivity index (χ2v) is 6.50. The van der Waals surface area contributed by atoms with Crippen molar-refractivity contribution in [2.45, 2.75) is 70.1 Å². The Morgan fingerprint density at radius 1 is 1.24 bits per heavy atom. The van der Waals surface area contributed by atoms with Gasteiger partial charge in [-0.1, -0.05) is 19.8 Å². The summed E-state index contributed by atoms with van der Waals surface area (Å²) >= 11 is 0. The highest BCUT2D eigenvalue weighted by atomic mass is 19.4. The predicted octanol–water partition coefficient (Wildman–Crippen LogP) is 3.68. The van der Waals surface area contributed by atoms with Gasteiger partial charge in [-0.25, -0.2) is 0 Å². The van der Waals surface area contributed by atoms with Gasteiger partial charge in [0.2, 0.25) is 0 Å². The maximum Gasteiger partial charge on any atom is 0.401 e. The summed E-state index contributed by atoms with van der Waals surface area (Å²) < 4.78 is 38.5. The quantitative estimate of drug-likeness (QED) is 0.813. The van der Waals surface area contributed by atoms with Crippen molar-refractivity contribution in [2.24, 2.45) is 11.8 Å². The third-order valence-electron chi connectivity index (χ3n) is 4.74. The minimum Gasteiger partial charge on any atom is -0.481 e. The minimum atomic E-state index is -4.26. The lowest BCUT2D eigenvalue weighted by Crippen LogP contribution is -2.51. The average molecular weight is 307 g/mol. The number of aliphatic carboxylic acids is 1. The van der Waals surface area contributed by atoms with Crippen molar-refractivity contribution in [2.75, 3.05) is 6.54 Å². The molecule has 122 valence electrons. The zero-order chi connectivity index (χ0) is 15.6. The van der Waals surface area contributed by atoms with Gasteiger partial charge in [-0.05, 0) is 38.0 Å². The first-order valence-corrected chi connectivity index (χ1v) is 7.87. The molecule has 2 aliphatic carbocycles. The Balaban J connectivity index is 2.13. The van der Waals surface area contributed by atoms with E-state index in [1.54, 1.807) is 0 Å². The van der Waals surface area contributed by atoms with Crippen molar-refractivity contribution < 1.29 is 23.1 Å². The Hall–Kier alpha value is -0.780. The summed E-state index contributed by atoms with van der Waals surface area (Å²) in [5, 5.41) is 9.37. The lowest BCUT2D eigenvalue weighted by molar-refractivity contribution is -0.165. The van der Waals surface area contributed by atoms with E-state index in [1.165, 1.54) is 4.90 Å². The monoisotopic (exact) mass is 307 g/mol. The predicted molar refractivity (Wildman–Crippen MR) is 72.9 cm³/mol. The highest BCUT2D eigenvalue weighted by Gasteiger charge is 2.46. The third-order valence-corrected chi connectivity index (χ3v) is 4.74. The van der Waals surface area contributed by atoms with Crippen molar-refractivity contribution in [3.63, 3.8) is 0 Å². The van der Waals surface area contributed by atoms with Crippen LogP contribution < -0.4 is 0 Å². The summed E-state index contributed by atoms with van der Waals surface area (Å²) in [5.41, 5.74) is 0. The van der Waals surface area contributed by atoms with Gasteiger partial charge in [0.05, 0.1) is 12.5 Å². The highest BCUT2D eigenvalue weighted by molar-refractivity contribution is 5.71. The number of carboxylic acid groups (broad SMARTS) is 1. The zero-order valence-corrected chi connectivity index (χ0v) is 12.4. The van der Waals surface area contributed by atoms with E-state index in [9.17, 15) is 23.1 Å². The molecule has 0 aliphatic heterocycles. The maximum atomic E-state index is 12.8. The molecule has 6 heteroatoms. The van der Waals surface area contributed by atoms with Crippen molar-refractivity contribution in [3.8, 4) is 0 Å². The summed E-state index contributed by atoms with van der Waals surface area (Å²) in [6, 6.07) is -0.527. The fourth-order valence-electron chi connectivity index (χ4n) is 3.69. The SMILES string of the molecule is CCCC1CCC(C(=O)O)C(N(CC(F)(F)F)C2CC2)C1. The van der Waals surface area contributed by atoms with Gasteiger partial charge in [-0.2, -0.15) is 13.2 Å². The molecule has 0 aromatic rings. The van der Waals surface area contributed by atoms with Crippen molar-refractivity contribution in [1.82, 2.24) is 4.90 Å². The summed E-state index contributed by atoms with van der Waals surface area (Å²) in [6.45, 7) is 1.09. The van der Waals surface area contributed by atoms with Gasteiger partial charge in [-0.3, -0.25) is 9.69 Å². The van der Waals surface area contributed by atoms with E-state index in [2.05, 4.69) is 6.92 Å². The molecule has 2 saturated carbocycles. The molecule has 3 unspecified atom stereocenters. The second-order valence-electron chi connectivity index (χ2n) is 6.50. The topological polar surface area (TPSA) is 40.5 Å². The van der Waals surface area contributed by atoms with Gasteiger partial charge < -0.3 is 5.11 Å². The summed E-state index contributed by atoms with van der Waals surface area (Å²) in [4.78, 5) is 12.9. The molecule has 0 radical (unpaired) electrons. The second kappa shape index (κ2) is 6.55. The van der Waals surface area contributed by atoms with Crippen LogP contribution in [0.3, 0.4) is 0 Å². The van der Waals surface area contributed by atoms with Crippen LogP contribution in [-0.2, 0) is 4.79 Å². The third kappa shape index (κ3) is 4.59. The normalized spacial score (nSPS) is 30.6. The molecule has 3 nitrogen and oxygen atoms in total. The maximum absolute atomic E-state index is 12.8. The molecule has 0 aromatic heterocycles. The molecule has 0 bridgehead atoms. The lowest BCUT2D eigenvalue weighted by atomic mass is 9.76. The van der Waals surface area contributed by atoms with Crippen LogP contribution in [0.5, 0.6) is 0 Å². The Morgan fingerprint density at radius 2 is 1.90 bits per heavy atom. The fraction of sp³-hybridized carbons (Fsp3) is 0.933. The van der Waals surface area contributed by atoms with E-state index in [0.29, 0.717) is 18.8 Å². The van der Waals surface area contributed by atoms with E-state index < -0.39 is 30.7 Å². The summed E-state index contributed by atoms with van der Waals surface area (Å²) in [5.74, 6) is -1.23. The van der Waals surface area contributed by atoms with E-state index >= 15 is 0 Å². The van der Waals surface area contributed by atoms with Gasteiger partial charge in [0.1, 0.15) is 0 Å². The van der Waals surface area contributed by atoms with Crippen molar-refractivity contribution in [3.05, 3.63) is 0 Å². The molecule has 0 aromatic carbocycles. The molecule has 0 saturated heterocycles. The van der Waals surface area contributed by atoms with Gasteiger partial charge in [0.15, 0.2) is 0 Å². The molecule has 0 heterocycles. The first-order valence-electron chi connectivity index (χ1n) is 7.87. The molecule has 2 aliphatic rings. The number of rotatable bonds is 6. The van der Waals surface area contributed by atoms with Crippen LogP contribution in [0.25, 0.3) is 0 Å². The number of hydrogen-bond donors (Lipinski definition) is 1. The Morgan fingerprint density at radius 3 is 2.38 bits per heavy atom. The van der Waals surface area contributed by atoms with Gasteiger partial charge in [-0.15, -0.1) is 0 Å². The highest BCUT2D eigenvalue weighted by Crippen LogP contribution is 2.41. The van der Waals surface area contributed by atoms with Gasteiger partial charge in [0.25, 0.3) is 0 Å². The number of alkyl halides is 3. The molecule has 3 atom stereocenters. The Labute approximate surface area is 123 Å². The largest absolute Gasteiger partial charge is 0.481 e. The first kappa shape index (κ1) is 16.6. The van der Waals surface area contributed by atoms with Crippen LogP contribution in [0.4, 0.5) is 13.2 Å². The van der Waals surface area contributed by atoms with Crippen LogP contribution >= 0.6 is 0 Å². The Bertz CT molecular complexity index is 368. The van der Waals surface area contributed by atoms with Crippen LogP contribution in [0.15, 0.2) is 0 Å². The van der Waals surface area contributed by atoms with E-state index in [0.717, 1.165) is 32.1 Å². The number of nitrogens with zero attached hydrogens (tertiary/aromatic N) is 1. The number of carbonyl (C=O) groups is 1. The molecule has 0 amide bonds. The summed E-state index contributed by atoms with van der Waals surface area (Å²) in [7, 11) is 0. The fourth-order valence-corrected chi connectivity index (χ4v) is 3.69. The lowest BCUT2D eigenvalue weighted by Gasteiger charge is -2.41. The first-order chi connectivity index (χ1) is 9.81. The molecule has 2 rings (SSSR count). The minimum absolute atomic E-state index is 0.0705. The Kier molecular flexibility index (Phi) is 5.17.